The summed E-state index contributed by atoms with van der Waals surface area (Å²) < 4.78 is 0. The topological polar surface area (TPSA) is 53.4 Å². The van der Waals surface area contributed by atoms with Crippen LogP contribution in [0.1, 0.15) is 21.5 Å². The van der Waals surface area contributed by atoms with E-state index in [1.807, 2.05) is 6.07 Å². The molecule has 1 aromatic heterocycles. The van der Waals surface area contributed by atoms with Gasteiger partial charge in [-0.25, -0.2) is 0 Å². The Hall–Kier alpha value is -1.98. The molecule has 1 N–H and O–H groups in total. The first-order valence-electron chi connectivity index (χ1n) is 8.14. The van der Waals surface area contributed by atoms with E-state index in [1.165, 1.54) is 12.1 Å². The van der Waals surface area contributed by atoms with Crippen molar-refractivity contribution < 1.29 is 9.90 Å². The molecule has 0 bridgehead atoms. The fourth-order valence-electron chi connectivity index (χ4n) is 2.71. The number of pyridine rings is 1. The third-order valence-corrected chi connectivity index (χ3v) is 4.96. The van der Waals surface area contributed by atoms with Crippen molar-refractivity contribution in [1.29, 1.82) is 0 Å². The van der Waals surface area contributed by atoms with E-state index in [0.717, 1.165) is 11.1 Å². The van der Waals surface area contributed by atoms with E-state index in [0.29, 0.717) is 16.6 Å². The van der Waals surface area contributed by atoms with E-state index in [4.69, 9.17) is 46.4 Å². The van der Waals surface area contributed by atoms with Crippen LogP contribution < -0.4 is 0 Å². The number of rotatable bonds is 5. The van der Waals surface area contributed by atoms with Crippen molar-refractivity contribution in [3.05, 3.63) is 91.6 Å². The molecule has 0 saturated carbocycles. The number of carbonyl (C=O) groups is 1. The molecule has 144 valence electrons. The monoisotopic (exact) mass is 454 g/mol. The molecule has 0 aliphatic carbocycles. The van der Waals surface area contributed by atoms with Crippen molar-refractivity contribution in [3.63, 3.8) is 0 Å². The summed E-state index contributed by atoms with van der Waals surface area (Å²) in [7, 11) is 0. The van der Waals surface area contributed by atoms with E-state index < -0.39 is 0 Å². The zero-order valence-electron chi connectivity index (χ0n) is 14.4. The number of amides is 1. The minimum absolute atomic E-state index is 0.00276. The van der Waals surface area contributed by atoms with Crippen molar-refractivity contribution in [2.24, 2.45) is 0 Å². The van der Waals surface area contributed by atoms with Crippen LogP contribution in [0.2, 0.25) is 20.1 Å². The molecular weight excluding hydrogens is 442 g/mol. The highest BCUT2D eigenvalue weighted by molar-refractivity contribution is 6.37. The molecule has 28 heavy (non-hydrogen) atoms. The van der Waals surface area contributed by atoms with Crippen LogP contribution in [0.15, 0.2) is 54.9 Å². The van der Waals surface area contributed by atoms with Crippen LogP contribution in [0.4, 0.5) is 0 Å². The van der Waals surface area contributed by atoms with Gasteiger partial charge in [-0.15, -0.1) is 0 Å². The normalized spacial score (nSPS) is 10.7. The molecule has 0 unspecified atom stereocenters. The first-order chi connectivity index (χ1) is 13.3. The summed E-state index contributed by atoms with van der Waals surface area (Å²) in [6.07, 6.45) is 3.34. The van der Waals surface area contributed by atoms with Crippen LogP contribution in [0.3, 0.4) is 0 Å². The molecule has 3 rings (SSSR count). The summed E-state index contributed by atoms with van der Waals surface area (Å²) in [5.74, 6) is -0.580. The second-order valence-corrected chi connectivity index (χ2v) is 7.78. The van der Waals surface area contributed by atoms with Crippen molar-refractivity contribution in [3.8, 4) is 5.75 Å². The van der Waals surface area contributed by atoms with Crippen molar-refractivity contribution in [1.82, 2.24) is 9.88 Å². The van der Waals surface area contributed by atoms with Crippen LogP contribution in [0, 0.1) is 0 Å². The highest BCUT2D eigenvalue weighted by Gasteiger charge is 2.20. The summed E-state index contributed by atoms with van der Waals surface area (Å²) in [6.45, 7) is 0.553. The van der Waals surface area contributed by atoms with E-state index in [2.05, 4.69) is 4.98 Å². The number of benzene rings is 2. The zero-order chi connectivity index (χ0) is 20.3. The van der Waals surface area contributed by atoms with Gasteiger partial charge in [0.15, 0.2) is 5.75 Å². The van der Waals surface area contributed by atoms with Gasteiger partial charge in [0.1, 0.15) is 0 Å². The first kappa shape index (κ1) is 20.7. The number of hydrogen-bond acceptors (Lipinski definition) is 3. The zero-order valence-corrected chi connectivity index (χ0v) is 17.4. The Morgan fingerprint density at radius 2 is 1.54 bits per heavy atom. The lowest BCUT2D eigenvalue weighted by molar-refractivity contribution is 0.0730. The maximum atomic E-state index is 13.2. The Balaban J connectivity index is 1.96. The molecule has 0 aliphatic rings. The largest absolute Gasteiger partial charge is 0.505 e. The summed E-state index contributed by atoms with van der Waals surface area (Å²) in [5.41, 5.74) is 1.87. The third-order valence-electron chi connectivity index (χ3n) is 3.94. The van der Waals surface area contributed by atoms with Gasteiger partial charge in [-0.1, -0.05) is 52.5 Å². The summed E-state index contributed by atoms with van der Waals surface area (Å²) in [4.78, 5) is 18.9. The number of halogens is 4. The van der Waals surface area contributed by atoms with Gasteiger partial charge in [-0.05, 0) is 47.5 Å². The number of hydrogen-bond donors (Lipinski definition) is 1. The summed E-state index contributed by atoms with van der Waals surface area (Å²) >= 11 is 24.1. The van der Waals surface area contributed by atoms with E-state index in [1.54, 1.807) is 41.6 Å². The van der Waals surface area contributed by atoms with Crippen LogP contribution in [-0.2, 0) is 13.1 Å². The molecule has 8 heteroatoms. The second-order valence-electron chi connectivity index (χ2n) is 6.09. The highest BCUT2D eigenvalue weighted by atomic mass is 35.5. The fraction of sp³-hybridized carbons (Fsp3) is 0.100. The molecule has 1 heterocycles. The number of aromatic hydroxyl groups is 1. The SMILES string of the molecule is O=C(c1cc(Cl)c(O)c(Cl)c1)N(Cc1cccnc1)Cc1cc(Cl)cc(Cl)c1. The lowest BCUT2D eigenvalue weighted by atomic mass is 10.1. The minimum atomic E-state index is -0.316. The Kier molecular flexibility index (Phi) is 6.68. The van der Waals surface area contributed by atoms with E-state index in [9.17, 15) is 9.90 Å². The van der Waals surface area contributed by atoms with E-state index in [-0.39, 0.29) is 33.8 Å². The maximum absolute atomic E-state index is 13.2. The van der Waals surface area contributed by atoms with Crippen molar-refractivity contribution in [2.45, 2.75) is 13.1 Å². The van der Waals surface area contributed by atoms with Gasteiger partial charge in [0, 0.05) is 41.1 Å². The van der Waals surface area contributed by atoms with Crippen LogP contribution >= 0.6 is 46.4 Å². The van der Waals surface area contributed by atoms with Gasteiger partial charge in [0.2, 0.25) is 0 Å². The minimum Gasteiger partial charge on any atom is -0.505 e. The molecule has 0 radical (unpaired) electrons. The predicted molar refractivity (Wildman–Crippen MR) is 112 cm³/mol. The molecule has 0 saturated heterocycles. The second kappa shape index (κ2) is 9.01. The van der Waals surface area contributed by atoms with Crippen LogP contribution in [0.5, 0.6) is 5.75 Å². The molecular formula is C20H14Cl4N2O2. The van der Waals surface area contributed by atoms with Crippen LogP contribution in [-0.4, -0.2) is 20.9 Å². The molecule has 0 spiro atoms. The number of nitrogens with zero attached hydrogens (tertiary/aromatic N) is 2. The fourth-order valence-corrected chi connectivity index (χ4v) is 3.76. The molecule has 2 aromatic carbocycles. The van der Waals surface area contributed by atoms with Gasteiger partial charge in [0.25, 0.3) is 5.91 Å². The maximum Gasteiger partial charge on any atom is 0.254 e. The van der Waals surface area contributed by atoms with Gasteiger partial charge in [-0.3, -0.25) is 9.78 Å². The lowest BCUT2D eigenvalue weighted by Crippen LogP contribution is -2.30. The van der Waals surface area contributed by atoms with Gasteiger partial charge >= 0.3 is 0 Å². The average molecular weight is 456 g/mol. The quantitative estimate of drug-likeness (QED) is 0.495. The smallest absolute Gasteiger partial charge is 0.254 e. The number of aromatic nitrogens is 1. The summed E-state index contributed by atoms with van der Waals surface area (Å²) in [5, 5.41) is 10.7. The standard InChI is InChI=1S/C20H14Cl4N2O2/c21-15-4-13(5-16(22)8-15)11-26(10-12-2-1-3-25-9-12)20(28)14-6-17(23)19(27)18(24)7-14/h1-9,27H,10-11H2. The number of phenolic OH excluding ortho intramolecular Hbond substituents is 1. The van der Waals surface area contributed by atoms with Crippen LogP contribution in [0.25, 0.3) is 0 Å². The Morgan fingerprint density at radius 1 is 0.929 bits per heavy atom. The Morgan fingerprint density at radius 3 is 2.11 bits per heavy atom. The van der Waals surface area contributed by atoms with E-state index >= 15 is 0 Å². The summed E-state index contributed by atoms with van der Waals surface area (Å²) in [6, 6.07) is 11.5. The number of phenols is 1. The average Bonchev–Trinajstić information content (AvgIpc) is 2.64. The Bertz CT molecular complexity index is 969. The van der Waals surface area contributed by atoms with Crippen molar-refractivity contribution in [2.75, 3.05) is 0 Å². The molecule has 0 aliphatic heterocycles. The van der Waals surface area contributed by atoms with Crippen molar-refractivity contribution >= 4 is 52.3 Å². The van der Waals surface area contributed by atoms with Gasteiger partial charge in [0.05, 0.1) is 10.0 Å². The molecule has 0 fully saturated rings. The predicted octanol–water partition coefficient (Wildman–Crippen LogP) is 6.24. The highest BCUT2D eigenvalue weighted by Crippen LogP contribution is 2.33. The molecule has 1 amide bonds. The van der Waals surface area contributed by atoms with Gasteiger partial charge < -0.3 is 10.0 Å². The number of carbonyl (C=O) groups excluding carboxylic acids is 1. The Labute approximate surface area is 182 Å². The molecule has 3 aromatic rings. The lowest BCUT2D eigenvalue weighted by Gasteiger charge is -2.23. The first-order valence-corrected chi connectivity index (χ1v) is 9.66. The molecule has 4 nitrogen and oxygen atoms in total. The molecule has 0 atom stereocenters. The van der Waals surface area contributed by atoms with Gasteiger partial charge in [-0.2, -0.15) is 0 Å². The third kappa shape index (κ3) is 5.09.